The number of hydrogen-bond donors (Lipinski definition) is 1. The summed E-state index contributed by atoms with van der Waals surface area (Å²) in [5.41, 5.74) is 0. The van der Waals surface area contributed by atoms with Crippen LogP contribution in [0.15, 0.2) is 17.5 Å². The molecule has 0 bridgehead atoms. The van der Waals surface area contributed by atoms with E-state index in [1.54, 1.807) is 11.3 Å². The number of thiophene rings is 1. The molecule has 0 spiro atoms. The minimum absolute atomic E-state index is 0.221. The molecule has 1 aromatic heterocycles. The normalized spacial score (nSPS) is 16.6. The van der Waals surface area contributed by atoms with Crippen LogP contribution in [0.3, 0.4) is 0 Å². The Morgan fingerprint density at radius 3 is 2.80 bits per heavy atom. The summed E-state index contributed by atoms with van der Waals surface area (Å²) in [5, 5.41) is 5.44. The Morgan fingerprint density at radius 2 is 2.20 bits per heavy atom. The quantitative estimate of drug-likeness (QED) is 0.869. The van der Waals surface area contributed by atoms with Gasteiger partial charge in [0.25, 0.3) is 0 Å². The van der Waals surface area contributed by atoms with E-state index in [4.69, 9.17) is 0 Å². The Hall–Kier alpha value is -0.910. The van der Waals surface area contributed by atoms with Crippen molar-refractivity contribution in [2.45, 2.75) is 32.4 Å². The van der Waals surface area contributed by atoms with Gasteiger partial charge in [0.2, 0.25) is 5.91 Å². The number of nitrogens with one attached hydrogen (secondary N) is 1. The molecule has 0 saturated carbocycles. The second kappa shape index (κ2) is 7.76. The number of carbonyl (C=O) groups is 1. The van der Waals surface area contributed by atoms with E-state index in [1.807, 2.05) is 18.0 Å². The Labute approximate surface area is 125 Å². The predicted octanol–water partition coefficient (Wildman–Crippen LogP) is 1.78. The zero-order valence-corrected chi connectivity index (χ0v) is 13.3. The highest BCUT2D eigenvalue weighted by Gasteiger charge is 2.22. The number of rotatable bonds is 6. The van der Waals surface area contributed by atoms with Crippen molar-refractivity contribution in [3.8, 4) is 0 Å². The van der Waals surface area contributed by atoms with Crippen LogP contribution in [0.1, 0.15) is 24.6 Å². The monoisotopic (exact) mass is 295 g/mol. The topological polar surface area (TPSA) is 35.6 Å². The van der Waals surface area contributed by atoms with Crippen molar-refractivity contribution in [3.05, 3.63) is 22.4 Å². The summed E-state index contributed by atoms with van der Waals surface area (Å²) in [6, 6.07) is 4.67. The number of likely N-dealkylation sites (N-methyl/N-ethyl adjacent to an activating group) is 2. The standard InChI is InChI=1S/C15H25N3OS/c1-3-18(13-6-8-16-9-7-13)12-15(19)17(2)11-14-5-4-10-20-14/h4-5,10,13,16H,3,6-9,11-12H2,1-2H3. The average molecular weight is 295 g/mol. The molecule has 112 valence electrons. The minimum atomic E-state index is 0.221. The lowest BCUT2D eigenvalue weighted by Crippen LogP contribution is -2.47. The number of carbonyl (C=O) groups excluding carboxylic acids is 1. The highest BCUT2D eigenvalue weighted by Crippen LogP contribution is 2.14. The van der Waals surface area contributed by atoms with Crippen LogP contribution >= 0.6 is 11.3 Å². The molecule has 1 saturated heterocycles. The maximum Gasteiger partial charge on any atom is 0.236 e. The van der Waals surface area contributed by atoms with Crippen molar-refractivity contribution in [2.75, 3.05) is 33.2 Å². The molecule has 0 aromatic carbocycles. The lowest BCUT2D eigenvalue weighted by Gasteiger charge is -2.34. The van der Waals surface area contributed by atoms with Crippen molar-refractivity contribution in [1.82, 2.24) is 15.1 Å². The molecular weight excluding hydrogens is 270 g/mol. The molecule has 1 N–H and O–H groups in total. The molecule has 1 aliphatic rings. The third-order valence-electron chi connectivity index (χ3n) is 3.97. The van der Waals surface area contributed by atoms with Crippen LogP contribution in [0.4, 0.5) is 0 Å². The molecule has 20 heavy (non-hydrogen) atoms. The van der Waals surface area contributed by atoms with Crippen LogP contribution in [-0.4, -0.2) is 55.0 Å². The summed E-state index contributed by atoms with van der Waals surface area (Å²) in [6.07, 6.45) is 2.30. The molecular formula is C15H25N3OS. The van der Waals surface area contributed by atoms with Gasteiger partial charge >= 0.3 is 0 Å². The lowest BCUT2D eigenvalue weighted by molar-refractivity contribution is -0.132. The Morgan fingerprint density at radius 1 is 1.45 bits per heavy atom. The molecule has 1 aliphatic heterocycles. The third kappa shape index (κ3) is 4.30. The van der Waals surface area contributed by atoms with Crippen molar-refractivity contribution >= 4 is 17.2 Å². The lowest BCUT2D eigenvalue weighted by atomic mass is 10.0. The van der Waals surface area contributed by atoms with Gasteiger partial charge in [-0.1, -0.05) is 13.0 Å². The Bertz CT molecular complexity index is 401. The van der Waals surface area contributed by atoms with E-state index in [0.29, 0.717) is 12.6 Å². The molecule has 1 fully saturated rings. The second-order valence-corrected chi connectivity index (χ2v) is 6.41. The van der Waals surface area contributed by atoms with Crippen molar-refractivity contribution < 1.29 is 4.79 Å². The van der Waals surface area contributed by atoms with E-state index in [0.717, 1.165) is 39.0 Å². The van der Waals surface area contributed by atoms with Crippen molar-refractivity contribution in [3.63, 3.8) is 0 Å². The first-order valence-corrected chi connectivity index (χ1v) is 8.29. The second-order valence-electron chi connectivity index (χ2n) is 5.37. The van der Waals surface area contributed by atoms with Gasteiger partial charge < -0.3 is 10.2 Å². The summed E-state index contributed by atoms with van der Waals surface area (Å²) < 4.78 is 0. The molecule has 0 aliphatic carbocycles. The number of nitrogens with zero attached hydrogens (tertiary/aromatic N) is 2. The van der Waals surface area contributed by atoms with E-state index in [-0.39, 0.29) is 5.91 Å². The minimum Gasteiger partial charge on any atom is -0.340 e. The first kappa shape index (κ1) is 15.5. The van der Waals surface area contributed by atoms with Gasteiger partial charge in [-0.05, 0) is 43.9 Å². The average Bonchev–Trinajstić information content (AvgIpc) is 2.98. The SMILES string of the molecule is CCN(CC(=O)N(C)Cc1cccs1)C1CCNCC1. The largest absolute Gasteiger partial charge is 0.340 e. The molecule has 5 heteroatoms. The van der Waals surface area contributed by atoms with Gasteiger partial charge in [-0.3, -0.25) is 9.69 Å². The molecule has 0 atom stereocenters. The van der Waals surface area contributed by atoms with Gasteiger partial charge in [0, 0.05) is 18.0 Å². The smallest absolute Gasteiger partial charge is 0.236 e. The van der Waals surface area contributed by atoms with Crippen LogP contribution < -0.4 is 5.32 Å². The van der Waals surface area contributed by atoms with Gasteiger partial charge in [0.05, 0.1) is 13.1 Å². The first-order chi connectivity index (χ1) is 9.70. The van der Waals surface area contributed by atoms with Crippen LogP contribution in [0.2, 0.25) is 0 Å². The zero-order chi connectivity index (χ0) is 14.4. The molecule has 4 nitrogen and oxygen atoms in total. The van der Waals surface area contributed by atoms with Gasteiger partial charge in [0.15, 0.2) is 0 Å². The van der Waals surface area contributed by atoms with E-state index in [1.165, 1.54) is 4.88 Å². The molecule has 0 radical (unpaired) electrons. The van der Waals surface area contributed by atoms with E-state index < -0.39 is 0 Å². The fourth-order valence-electron chi connectivity index (χ4n) is 2.69. The number of amides is 1. The van der Waals surface area contributed by atoms with E-state index in [2.05, 4.69) is 28.6 Å². The molecule has 1 aromatic rings. The van der Waals surface area contributed by atoms with Crippen LogP contribution in [0.25, 0.3) is 0 Å². The maximum absolute atomic E-state index is 12.4. The van der Waals surface area contributed by atoms with E-state index in [9.17, 15) is 4.79 Å². The fourth-order valence-corrected chi connectivity index (χ4v) is 3.45. The number of piperidine rings is 1. The summed E-state index contributed by atoms with van der Waals surface area (Å²) in [4.78, 5) is 17.8. The molecule has 1 amide bonds. The molecule has 2 rings (SSSR count). The summed E-state index contributed by atoms with van der Waals surface area (Å²) in [5.74, 6) is 0.221. The van der Waals surface area contributed by atoms with Gasteiger partial charge in [-0.15, -0.1) is 11.3 Å². The first-order valence-electron chi connectivity index (χ1n) is 7.41. The van der Waals surface area contributed by atoms with Gasteiger partial charge in [0.1, 0.15) is 0 Å². The van der Waals surface area contributed by atoms with Crippen LogP contribution in [-0.2, 0) is 11.3 Å². The van der Waals surface area contributed by atoms with Crippen LogP contribution in [0.5, 0.6) is 0 Å². The van der Waals surface area contributed by atoms with Crippen LogP contribution in [0, 0.1) is 0 Å². The predicted molar refractivity (Wildman–Crippen MR) is 83.9 cm³/mol. The summed E-state index contributed by atoms with van der Waals surface area (Å²) in [7, 11) is 1.90. The highest BCUT2D eigenvalue weighted by atomic mass is 32.1. The van der Waals surface area contributed by atoms with Crippen molar-refractivity contribution in [2.24, 2.45) is 0 Å². The number of hydrogen-bond acceptors (Lipinski definition) is 4. The summed E-state index contributed by atoms with van der Waals surface area (Å²) >= 11 is 1.71. The van der Waals surface area contributed by atoms with Crippen molar-refractivity contribution in [1.29, 1.82) is 0 Å². The Balaban J connectivity index is 1.84. The van der Waals surface area contributed by atoms with Gasteiger partial charge in [-0.25, -0.2) is 0 Å². The molecule has 0 unspecified atom stereocenters. The highest BCUT2D eigenvalue weighted by molar-refractivity contribution is 7.09. The maximum atomic E-state index is 12.4. The zero-order valence-electron chi connectivity index (χ0n) is 12.5. The molecule has 2 heterocycles. The summed E-state index contributed by atoms with van der Waals surface area (Å²) in [6.45, 7) is 6.50. The van der Waals surface area contributed by atoms with Gasteiger partial charge in [-0.2, -0.15) is 0 Å². The fraction of sp³-hybridized carbons (Fsp3) is 0.667. The van der Waals surface area contributed by atoms with E-state index >= 15 is 0 Å². The Kier molecular flexibility index (Phi) is 6.01. The third-order valence-corrected chi connectivity index (χ3v) is 4.83.